The number of nitrogens with two attached hydrogens (primary N) is 1. The summed E-state index contributed by atoms with van der Waals surface area (Å²) in [6.07, 6.45) is 0. The van der Waals surface area contributed by atoms with Crippen molar-refractivity contribution in [2.24, 2.45) is 0 Å². The molecule has 0 fully saturated rings. The average molecular weight is 370 g/mol. The number of aromatic nitrogens is 5. The van der Waals surface area contributed by atoms with Crippen LogP contribution in [0.25, 0.3) is 10.9 Å². The molecule has 3 aromatic rings. The van der Waals surface area contributed by atoms with Gasteiger partial charge >= 0.3 is 0 Å². The number of benzene rings is 1. The lowest BCUT2D eigenvalue weighted by Gasteiger charge is -2.15. The Labute approximate surface area is 156 Å². The zero-order valence-corrected chi connectivity index (χ0v) is 16.1. The van der Waals surface area contributed by atoms with Gasteiger partial charge in [-0.3, -0.25) is 0 Å². The fourth-order valence-electron chi connectivity index (χ4n) is 2.40. The van der Waals surface area contributed by atoms with Crippen LogP contribution < -0.4 is 16.0 Å². The maximum Gasteiger partial charge on any atom is 0.229 e. The molecule has 1 aromatic carbocycles. The van der Waals surface area contributed by atoms with E-state index in [0.717, 1.165) is 23.3 Å². The molecule has 0 amide bonds. The summed E-state index contributed by atoms with van der Waals surface area (Å²) in [5.41, 5.74) is 6.73. The zero-order valence-electron chi connectivity index (χ0n) is 15.3. The van der Waals surface area contributed by atoms with E-state index in [1.807, 2.05) is 52.2 Å². The molecule has 1 atom stereocenters. The third-order valence-corrected chi connectivity index (χ3v) is 4.59. The monoisotopic (exact) mass is 370 g/mol. The first-order chi connectivity index (χ1) is 12.5. The van der Waals surface area contributed by atoms with E-state index >= 15 is 0 Å². The third kappa shape index (κ3) is 3.93. The smallest absolute Gasteiger partial charge is 0.229 e. The second-order valence-corrected chi connectivity index (χ2v) is 7.22. The molecule has 3 N–H and O–H groups in total. The van der Waals surface area contributed by atoms with Crippen molar-refractivity contribution in [3.05, 3.63) is 30.1 Å². The maximum absolute atomic E-state index is 5.83. The van der Waals surface area contributed by atoms with Crippen molar-refractivity contribution in [1.82, 2.24) is 24.9 Å². The molecule has 0 unspecified atom stereocenters. The largest absolute Gasteiger partial charge is 0.370 e. The van der Waals surface area contributed by atoms with Gasteiger partial charge in [0, 0.05) is 26.0 Å². The van der Waals surface area contributed by atoms with Gasteiger partial charge in [0.1, 0.15) is 11.6 Å². The predicted molar refractivity (Wildman–Crippen MR) is 107 cm³/mol. The summed E-state index contributed by atoms with van der Waals surface area (Å²) in [6.45, 7) is 4.84. The van der Waals surface area contributed by atoms with E-state index in [9.17, 15) is 0 Å². The molecule has 2 heterocycles. The lowest BCUT2D eigenvalue weighted by molar-refractivity contribution is 0.859. The highest BCUT2D eigenvalue weighted by molar-refractivity contribution is 7.99. The Morgan fingerprint density at radius 2 is 1.88 bits per heavy atom. The Morgan fingerprint density at radius 3 is 2.62 bits per heavy atom. The number of fused-ring (bicyclic) bond motifs is 1. The fourth-order valence-corrected chi connectivity index (χ4v) is 3.22. The molecule has 136 valence electrons. The van der Waals surface area contributed by atoms with Crippen LogP contribution in [-0.4, -0.2) is 45.6 Å². The molecule has 2 aromatic heterocycles. The Morgan fingerprint density at radius 1 is 1.12 bits per heavy atom. The van der Waals surface area contributed by atoms with Crippen molar-refractivity contribution in [2.45, 2.75) is 24.3 Å². The number of nitrogens with one attached hydrogen (secondary N) is 1. The van der Waals surface area contributed by atoms with Crippen LogP contribution in [0.4, 0.5) is 17.7 Å². The highest BCUT2D eigenvalue weighted by Gasteiger charge is 2.17. The molecule has 0 aliphatic carbocycles. The molecular weight excluding hydrogens is 348 g/mol. The topological polar surface area (TPSA) is 106 Å². The van der Waals surface area contributed by atoms with Crippen LogP contribution in [0.3, 0.4) is 0 Å². The van der Waals surface area contributed by atoms with Crippen LogP contribution in [0.2, 0.25) is 0 Å². The first-order valence-corrected chi connectivity index (χ1v) is 9.22. The molecule has 0 spiro atoms. The highest BCUT2D eigenvalue weighted by atomic mass is 32.2. The Bertz CT molecular complexity index is 914. The van der Waals surface area contributed by atoms with Crippen molar-refractivity contribution in [1.29, 1.82) is 0 Å². The van der Waals surface area contributed by atoms with Crippen LogP contribution in [0, 0.1) is 0 Å². The molecule has 0 radical (unpaired) electrons. The molecule has 0 saturated heterocycles. The van der Waals surface area contributed by atoms with E-state index in [2.05, 4.69) is 30.2 Å². The second kappa shape index (κ2) is 7.69. The number of thioether (sulfide) groups is 1. The van der Waals surface area contributed by atoms with Crippen LogP contribution in [-0.2, 0) is 0 Å². The lowest BCUT2D eigenvalue weighted by Crippen LogP contribution is -2.16. The third-order valence-electron chi connectivity index (χ3n) is 3.63. The van der Waals surface area contributed by atoms with Gasteiger partial charge in [-0.05, 0) is 26.0 Å². The summed E-state index contributed by atoms with van der Waals surface area (Å²) in [5, 5.41) is 4.90. The summed E-state index contributed by atoms with van der Waals surface area (Å²) in [7, 11) is 3.73. The van der Waals surface area contributed by atoms with Crippen molar-refractivity contribution in [3.63, 3.8) is 0 Å². The number of anilines is 3. The normalized spacial score (nSPS) is 12.2. The van der Waals surface area contributed by atoms with E-state index in [1.165, 1.54) is 11.8 Å². The summed E-state index contributed by atoms with van der Waals surface area (Å²) in [4.78, 5) is 24.0. The predicted octanol–water partition coefficient (Wildman–Crippen LogP) is 2.75. The summed E-state index contributed by atoms with van der Waals surface area (Å²) in [6, 6.07) is 7.95. The molecule has 0 aliphatic rings. The minimum Gasteiger partial charge on any atom is -0.370 e. The fraction of sp³-hybridized carbons (Fsp3) is 0.353. The van der Waals surface area contributed by atoms with Gasteiger partial charge in [0.25, 0.3) is 0 Å². The lowest BCUT2D eigenvalue weighted by atomic mass is 10.2. The quantitative estimate of drug-likeness (QED) is 0.500. The minimum absolute atomic E-state index is 0.0744. The number of hydrogen-bond donors (Lipinski definition) is 2. The van der Waals surface area contributed by atoms with Gasteiger partial charge in [-0.25, -0.2) is 9.97 Å². The second-order valence-electron chi connectivity index (χ2n) is 5.91. The maximum atomic E-state index is 5.83. The van der Waals surface area contributed by atoms with E-state index in [0.29, 0.717) is 16.9 Å². The number of hydrogen-bond acceptors (Lipinski definition) is 9. The molecule has 0 saturated carbocycles. The van der Waals surface area contributed by atoms with Crippen molar-refractivity contribution >= 4 is 40.4 Å². The minimum atomic E-state index is -0.0744. The molecule has 0 aliphatic heterocycles. The molecule has 3 rings (SSSR count). The van der Waals surface area contributed by atoms with E-state index < -0.39 is 0 Å². The number of para-hydroxylation sites is 1. The molecular formula is C17H22N8S. The van der Waals surface area contributed by atoms with Gasteiger partial charge in [-0.2, -0.15) is 15.0 Å². The number of rotatable bonds is 6. The summed E-state index contributed by atoms with van der Waals surface area (Å²) < 4.78 is 0. The van der Waals surface area contributed by atoms with Crippen molar-refractivity contribution in [3.8, 4) is 0 Å². The SMILES string of the molecule is CCNc1nc(S[C@H](C)c2nc(N)nc(N(C)C)n2)nc2ccccc12. The van der Waals surface area contributed by atoms with Gasteiger partial charge in [-0.15, -0.1) is 0 Å². The highest BCUT2D eigenvalue weighted by Crippen LogP contribution is 2.33. The van der Waals surface area contributed by atoms with E-state index in [-0.39, 0.29) is 11.2 Å². The van der Waals surface area contributed by atoms with Gasteiger partial charge in [-0.1, -0.05) is 23.9 Å². The Hall–Kier alpha value is -2.68. The number of nitrogens with zero attached hydrogens (tertiary/aromatic N) is 6. The van der Waals surface area contributed by atoms with Gasteiger partial charge in [0.2, 0.25) is 11.9 Å². The molecule has 26 heavy (non-hydrogen) atoms. The first-order valence-electron chi connectivity index (χ1n) is 8.34. The van der Waals surface area contributed by atoms with Gasteiger partial charge < -0.3 is 16.0 Å². The van der Waals surface area contributed by atoms with Crippen molar-refractivity contribution in [2.75, 3.05) is 36.6 Å². The van der Waals surface area contributed by atoms with Gasteiger partial charge in [0.15, 0.2) is 5.16 Å². The van der Waals surface area contributed by atoms with Crippen LogP contribution in [0.15, 0.2) is 29.4 Å². The summed E-state index contributed by atoms with van der Waals surface area (Å²) >= 11 is 1.49. The molecule has 0 bridgehead atoms. The zero-order chi connectivity index (χ0) is 18.7. The Kier molecular flexibility index (Phi) is 5.36. The van der Waals surface area contributed by atoms with Crippen LogP contribution >= 0.6 is 11.8 Å². The average Bonchev–Trinajstić information content (AvgIpc) is 2.61. The van der Waals surface area contributed by atoms with Crippen LogP contribution in [0.5, 0.6) is 0 Å². The van der Waals surface area contributed by atoms with Gasteiger partial charge in [0.05, 0.1) is 10.8 Å². The van der Waals surface area contributed by atoms with E-state index in [1.54, 1.807) is 4.90 Å². The number of nitrogen functional groups attached to an aromatic ring is 1. The Balaban J connectivity index is 1.93. The standard InChI is InChI=1S/C17H22N8S/c1-5-19-14-11-8-6-7-9-12(11)20-17(23-14)26-10(2)13-21-15(18)24-16(22-13)25(3)4/h6-10H,5H2,1-4H3,(H,19,20,23)(H2,18,21,22,24)/t10-/m1/s1. The first kappa shape index (κ1) is 18.1. The molecule has 8 nitrogen and oxygen atoms in total. The summed E-state index contributed by atoms with van der Waals surface area (Å²) in [5.74, 6) is 2.18. The van der Waals surface area contributed by atoms with Crippen LogP contribution in [0.1, 0.15) is 24.9 Å². The van der Waals surface area contributed by atoms with E-state index in [4.69, 9.17) is 5.73 Å². The molecule has 9 heteroatoms. The van der Waals surface area contributed by atoms with Crippen molar-refractivity contribution < 1.29 is 0 Å².